The van der Waals surface area contributed by atoms with Crippen LogP contribution in [0, 0.1) is 0 Å². The Hall–Kier alpha value is -0.910. The Labute approximate surface area is 146 Å². The van der Waals surface area contributed by atoms with E-state index in [2.05, 4.69) is 0 Å². The molecule has 0 spiro atoms. The zero-order valence-corrected chi connectivity index (χ0v) is 15.5. The predicted octanol–water partition coefficient (Wildman–Crippen LogP) is -0.0335. The maximum Gasteiger partial charge on any atom is 0.184 e. The van der Waals surface area contributed by atoms with Crippen LogP contribution in [0.15, 0.2) is 35.2 Å². The number of piperidine rings is 2. The van der Waals surface area contributed by atoms with Crippen molar-refractivity contribution in [3.8, 4) is 0 Å². The third-order valence-electron chi connectivity index (χ3n) is 5.69. The Morgan fingerprint density at radius 2 is 1.42 bits per heavy atom. The summed E-state index contributed by atoms with van der Waals surface area (Å²) in [6, 6.07) is 9.25. The van der Waals surface area contributed by atoms with Gasteiger partial charge in [-0.15, -0.1) is 0 Å². The zero-order valence-electron chi connectivity index (χ0n) is 14.7. The third kappa shape index (κ3) is 4.80. The summed E-state index contributed by atoms with van der Waals surface area (Å²) in [7, 11) is -3.19. The van der Waals surface area contributed by atoms with Crippen molar-refractivity contribution in [2.24, 2.45) is 0 Å². The van der Waals surface area contributed by atoms with Crippen LogP contribution in [-0.2, 0) is 9.84 Å². The molecule has 2 N–H and O–H groups in total. The summed E-state index contributed by atoms with van der Waals surface area (Å²) >= 11 is 0. The molecular formula is C19H32N2O2S+2. The second-order valence-electron chi connectivity index (χ2n) is 7.53. The zero-order chi connectivity index (χ0) is 16.8. The standard InChI is InChI=1S/C19H30N2O2S/c22-24(23,19-10-4-1-5-11-19)17-18(21-14-8-3-9-15-21)16-20-12-6-2-7-13-20/h1,4-5,10-11,18H,2-3,6-9,12-17H2/p+2/t18-/m0/s1. The fourth-order valence-corrected chi connectivity index (χ4v) is 5.98. The van der Waals surface area contributed by atoms with Gasteiger partial charge in [-0.3, -0.25) is 0 Å². The third-order valence-corrected chi connectivity index (χ3v) is 7.52. The second-order valence-corrected chi connectivity index (χ2v) is 9.56. The van der Waals surface area contributed by atoms with E-state index in [0.717, 1.165) is 19.6 Å². The van der Waals surface area contributed by atoms with Gasteiger partial charge in [0.25, 0.3) is 0 Å². The number of likely N-dealkylation sites (tertiary alicyclic amines) is 2. The van der Waals surface area contributed by atoms with Crippen molar-refractivity contribution >= 4 is 9.84 Å². The molecule has 24 heavy (non-hydrogen) atoms. The van der Waals surface area contributed by atoms with Crippen molar-refractivity contribution in [1.82, 2.24) is 0 Å². The van der Waals surface area contributed by atoms with E-state index in [-0.39, 0.29) is 6.04 Å². The summed E-state index contributed by atoms with van der Waals surface area (Å²) in [5.74, 6) is 0.301. The van der Waals surface area contributed by atoms with Crippen LogP contribution in [0.25, 0.3) is 0 Å². The number of quaternary nitrogens is 2. The number of rotatable bonds is 6. The smallest absolute Gasteiger partial charge is 0.184 e. The lowest BCUT2D eigenvalue weighted by molar-refractivity contribution is -0.979. The topological polar surface area (TPSA) is 43.0 Å². The lowest BCUT2D eigenvalue weighted by Crippen LogP contribution is -3.24. The highest BCUT2D eigenvalue weighted by atomic mass is 32.2. The summed E-state index contributed by atoms with van der Waals surface area (Å²) in [6.07, 6.45) is 7.72. The molecule has 0 saturated carbocycles. The molecule has 2 fully saturated rings. The van der Waals surface area contributed by atoms with Crippen LogP contribution in [0.1, 0.15) is 38.5 Å². The summed E-state index contributed by atoms with van der Waals surface area (Å²) in [5.41, 5.74) is 0. The summed E-state index contributed by atoms with van der Waals surface area (Å²) < 4.78 is 25.8. The second kappa shape index (κ2) is 8.45. The van der Waals surface area contributed by atoms with Gasteiger partial charge in [-0.25, -0.2) is 8.42 Å². The molecule has 0 aromatic heterocycles. The van der Waals surface area contributed by atoms with Crippen molar-refractivity contribution < 1.29 is 18.2 Å². The Morgan fingerprint density at radius 3 is 2.04 bits per heavy atom. The normalized spacial score (nSPS) is 22.3. The van der Waals surface area contributed by atoms with Crippen LogP contribution in [0.3, 0.4) is 0 Å². The first-order valence-electron chi connectivity index (χ1n) is 9.61. The Morgan fingerprint density at radius 1 is 0.833 bits per heavy atom. The fraction of sp³-hybridized carbons (Fsp3) is 0.684. The van der Waals surface area contributed by atoms with E-state index in [1.165, 1.54) is 56.5 Å². The molecule has 2 heterocycles. The molecule has 0 radical (unpaired) electrons. The summed E-state index contributed by atoms with van der Waals surface area (Å²) in [5, 5.41) is 0. The van der Waals surface area contributed by atoms with Gasteiger partial charge in [0.1, 0.15) is 12.3 Å². The molecule has 1 aromatic carbocycles. The highest BCUT2D eigenvalue weighted by Crippen LogP contribution is 2.11. The molecule has 0 aliphatic carbocycles. The first-order valence-corrected chi connectivity index (χ1v) is 11.3. The molecule has 1 aromatic rings. The molecule has 4 nitrogen and oxygen atoms in total. The average Bonchev–Trinajstić information content (AvgIpc) is 2.63. The van der Waals surface area contributed by atoms with Gasteiger partial charge in [0.15, 0.2) is 15.9 Å². The minimum atomic E-state index is -3.19. The largest absolute Gasteiger partial charge is 0.330 e. The number of nitrogens with one attached hydrogen (secondary N) is 2. The summed E-state index contributed by atoms with van der Waals surface area (Å²) in [6.45, 7) is 5.73. The van der Waals surface area contributed by atoms with Gasteiger partial charge in [-0.2, -0.15) is 0 Å². The highest BCUT2D eigenvalue weighted by Gasteiger charge is 2.34. The molecule has 2 aliphatic rings. The lowest BCUT2D eigenvalue weighted by atomic mass is 10.1. The maximum atomic E-state index is 12.9. The van der Waals surface area contributed by atoms with Crippen molar-refractivity contribution in [1.29, 1.82) is 0 Å². The molecule has 0 bridgehead atoms. The highest BCUT2D eigenvalue weighted by molar-refractivity contribution is 7.91. The maximum absolute atomic E-state index is 12.9. The lowest BCUT2D eigenvalue weighted by Gasteiger charge is -2.34. The quantitative estimate of drug-likeness (QED) is 0.755. The minimum Gasteiger partial charge on any atom is -0.330 e. The van der Waals surface area contributed by atoms with E-state index in [1.54, 1.807) is 17.0 Å². The van der Waals surface area contributed by atoms with Crippen molar-refractivity contribution in [2.45, 2.75) is 49.5 Å². The minimum absolute atomic E-state index is 0.239. The van der Waals surface area contributed by atoms with Crippen LogP contribution in [0.2, 0.25) is 0 Å². The van der Waals surface area contributed by atoms with Gasteiger partial charge in [-0.1, -0.05) is 18.2 Å². The van der Waals surface area contributed by atoms with Crippen LogP contribution in [0.4, 0.5) is 0 Å². The van der Waals surface area contributed by atoms with E-state index < -0.39 is 9.84 Å². The van der Waals surface area contributed by atoms with Crippen LogP contribution >= 0.6 is 0 Å². The number of hydrogen-bond donors (Lipinski definition) is 2. The Balaban J connectivity index is 1.73. The van der Waals surface area contributed by atoms with Crippen molar-refractivity contribution in [3.05, 3.63) is 30.3 Å². The number of benzene rings is 1. The van der Waals surface area contributed by atoms with Gasteiger partial charge >= 0.3 is 0 Å². The first-order chi connectivity index (χ1) is 11.6. The van der Waals surface area contributed by atoms with Gasteiger partial charge in [-0.05, 0) is 50.7 Å². The van der Waals surface area contributed by atoms with Crippen molar-refractivity contribution in [3.63, 3.8) is 0 Å². The van der Waals surface area contributed by atoms with E-state index in [9.17, 15) is 8.42 Å². The van der Waals surface area contributed by atoms with E-state index in [1.807, 2.05) is 18.2 Å². The number of sulfone groups is 1. The van der Waals surface area contributed by atoms with E-state index in [4.69, 9.17) is 0 Å². The van der Waals surface area contributed by atoms with Crippen LogP contribution in [-0.4, -0.2) is 52.9 Å². The molecule has 5 heteroatoms. The van der Waals surface area contributed by atoms with Crippen LogP contribution < -0.4 is 9.80 Å². The molecule has 134 valence electrons. The monoisotopic (exact) mass is 352 g/mol. The average molecular weight is 353 g/mol. The van der Waals surface area contributed by atoms with Crippen molar-refractivity contribution in [2.75, 3.05) is 38.5 Å². The molecule has 2 aliphatic heterocycles. The van der Waals surface area contributed by atoms with Crippen LogP contribution in [0.5, 0.6) is 0 Å². The number of hydrogen-bond acceptors (Lipinski definition) is 2. The molecule has 0 unspecified atom stereocenters. The molecule has 3 rings (SSSR count). The molecule has 2 saturated heterocycles. The Kier molecular flexibility index (Phi) is 6.31. The SMILES string of the molecule is O=S(=O)(C[C@H](C[NH+]1CCCCC1)[NH+]1CCCCC1)c1ccccc1. The fourth-order valence-electron chi connectivity index (χ4n) is 4.33. The Bertz CT molecular complexity index is 591. The predicted molar refractivity (Wildman–Crippen MR) is 96.2 cm³/mol. The van der Waals surface area contributed by atoms with Gasteiger partial charge < -0.3 is 9.80 Å². The molecule has 1 atom stereocenters. The van der Waals surface area contributed by atoms with E-state index >= 15 is 0 Å². The molecular weight excluding hydrogens is 320 g/mol. The first kappa shape index (κ1) is 17.9. The molecule has 0 amide bonds. The van der Waals surface area contributed by atoms with E-state index in [0.29, 0.717) is 10.6 Å². The van der Waals surface area contributed by atoms with Gasteiger partial charge in [0, 0.05) is 0 Å². The van der Waals surface area contributed by atoms with Gasteiger partial charge in [0.2, 0.25) is 0 Å². The van der Waals surface area contributed by atoms with Gasteiger partial charge in [0.05, 0.1) is 31.1 Å². The summed E-state index contributed by atoms with van der Waals surface area (Å²) in [4.78, 5) is 3.63.